The highest BCUT2D eigenvalue weighted by Gasteiger charge is 2.21. The Hall–Kier alpha value is -1.88. The van der Waals surface area contributed by atoms with Crippen molar-refractivity contribution < 1.29 is 14.7 Å². The Morgan fingerprint density at radius 2 is 1.62 bits per heavy atom. The summed E-state index contributed by atoms with van der Waals surface area (Å²) in [5.41, 5.74) is 0.751. The third kappa shape index (κ3) is 6.32. The molecule has 1 rings (SSSR count). The molecular formula is C19H30N2O3. The van der Waals surface area contributed by atoms with Gasteiger partial charge in [-0.2, -0.15) is 0 Å². The van der Waals surface area contributed by atoms with Crippen molar-refractivity contribution in [2.45, 2.75) is 52.6 Å². The minimum Gasteiger partial charge on any atom is -0.389 e. The number of nitrogens with zero attached hydrogens (tertiary/aromatic N) is 1. The summed E-state index contributed by atoms with van der Waals surface area (Å²) >= 11 is 0. The van der Waals surface area contributed by atoms with Gasteiger partial charge in [-0.1, -0.05) is 32.9 Å². The number of rotatable bonds is 6. The van der Waals surface area contributed by atoms with Crippen LogP contribution in [0.5, 0.6) is 0 Å². The van der Waals surface area contributed by atoms with Crippen molar-refractivity contribution in [3.63, 3.8) is 0 Å². The quantitative estimate of drug-likeness (QED) is 0.839. The summed E-state index contributed by atoms with van der Waals surface area (Å²) in [5, 5.41) is 12.5. The Morgan fingerprint density at radius 1 is 1.08 bits per heavy atom. The molecule has 0 heterocycles. The highest BCUT2D eigenvalue weighted by molar-refractivity contribution is 5.96. The fourth-order valence-electron chi connectivity index (χ4n) is 2.33. The Balaban J connectivity index is 2.63. The van der Waals surface area contributed by atoms with Crippen LogP contribution in [0, 0.1) is 0 Å². The van der Waals surface area contributed by atoms with Gasteiger partial charge in [-0.15, -0.1) is 0 Å². The monoisotopic (exact) mass is 334 g/mol. The maximum Gasteiger partial charge on any atom is 0.251 e. The van der Waals surface area contributed by atoms with E-state index in [4.69, 9.17) is 0 Å². The van der Waals surface area contributed by atoms with Gasteiger partial charge in [0.15, 0.2) is 0 Å². The molecule has 5 heteroatoms. The topological polar surface area (TPSA) is 69.6 Å². The molecule has 24 heavy (non-hydrogen) atoms. The lowest BCUT2D eigenvalue weighted by Gasteiger charge is -2.28. The standard InChI is InChI=1S/C19H30N2O3/c1-7-21(13-19(5,6)24)16(22)12-20-17(23)14-8-10-15(11-9-14)18(2,3)4/h8-11,24H,7,12-13H2,1-6H3,(H,20,23). The Bertz CT molecular complexity index is 566. The molecule has 0 aliphatic carbocycles. The van der Waals surface area contributed by atoms with Gasteiger partial charge in [-0.25, -0.2) is 0 Å². The maximum absolute atomic E-state index is 12.2. The molecule has 1 aromatic rings. The molecule has 0 saturated heterocycles. The third-order valence-electron chi connectivity index (χ3n) is 3.73. The average Bonchev–Trinajstić information content (AvgIpc) is 2.48. The number of aliphatic hydroxyl groups is 1. The van der Waals surface area contributed by atoms with Crippen molar-refractivity contribution >= 4 is 11.8 Å². The van der Waals surface area contributed by atoms with E-state index in [1.807, 2.05) is 19.1 Å². The molecule has 2 N–H and O–H groups in total. The summed E-state index contributed by atoms with van der Waals surface area (Å²) in [6, 6.07) is 7.41. The molecule has 0 aliphatic rings. The van der Waals surface area contributed by atoms with E-state index >= 15 is 0 Å². The predicted molar refractivity (Wildman–Crippen MR) is 96.0 cm³/mol. The molecule has 0 spiro atoms. The van der Waals surface area contributed by atoms with Crippen molar-refractivity contribution in [3.05, 3.63) is 35.4 Å². The zero-order valence-corrected chi connectivity index (χ0v) is 15.6. The zero-order valence-electron chi connectivity index (χ0n) is 15.6. The summed E-state index contributed by atoms with van der Waals surface area (Å²) in [6.45, 7) is 12.1. The van der Waals surface area contributed by atoms with Gasteiger partial charge >= 0.3 is 0 Å². The first kappa shape index (κ1) is 20.2. The molecule has 0 radical (unpaired) electrons. The number of hydrogen-bond donors (Lipinski definition) is 2. The smallest absolute Gasteiger partial charge is 0.251 e. The van der Waals surface area contributed by atoms with Crippen LogP contribution in [0.25, 0.3) is 0 Å². The average molecular weight is 334 g/mol. The molecule has 0 aliphatic heterocycles. The predicted octanol–water partition coefficient (Wildman–Crippen LogP) is 2.33. The van der Waals surface area contributed by atoms with E-state index in [1.54, 1.807) is 26.0 Å². The van der Waals surface area contributed by atoms with E-state index in [1.165, 1.54) is 4.90 Å². The Labute approximate surface area is 145 Å². The second kappa shape index (κ2) is 7.79. The van der Waals surface area contributed by atoms with Crippen molar-refractivity contribution in [3.8, 4) is 0 Å². The van der Waals surface area contributed by atoms with Gasteiger partial charge in [-0.3, -0.25) is 9.59 Å². The first-order valence-corrected chi connectivity index (χ1v) is 8.33. The number of hydrogen-bond acceptors (Lipinski definition) is 3. The van der Waals surface area contributed by atoms with Crippen molar-refractivity contribution in [1.29, 1.82) is 0 Å². The lowest BCUT2D eigenvalue weighted by atomic mass is 9.87. The minimum absolute atomic E-state index is 0.0314. The van der Waals surface area contributed by atoms with Gasteiger partial charge in [0.05, 0.1) is 12.1 Å². The molecule has 2 amide bonds. The second-order valence-electron chi connectivity index (χ2n) is 7.73. The number of benzene rings is 1. The molecule has 0 aromatic heterocycles. The number of carbonyl (C=O) groups excluding carboxylic acids is 2. The zero-order chi connectivity index (χ0) is 18.5. The van der Waals surface area contributed by atoms with Crippen molar-refractivity contribution in [2.75, 3.05) is 19.6 Å². The van der Waals surface area contributed by atoms with Gasteiger partial charge in [0.2, 0.25) is 5.91 Å². The summed E-state index contributed by atoms with van der Waals surface area (Å²) in [6.07, 6.45) is 0. The normalized spacial score (nSPS) is 12.0. The van der Waals surface area contributed by atoms with E-state index in [0.717, 1.165) is 5.56 Å². The van der Waals surface area contributed by atoms with Crippen LogP contribution in [0.4, 0.5) is 0 Å². The number of nitrogens with one attached hydrogen (secondary N) is 1. The van der Waals surface area contributed by atoms with E-state index < -0.39 is 5.60 Å². The van der Waals surface area contributed by atoms with Crippen LogP contribution in [-0.4, -0.2) is 47.1 Å². The molecule has 134 valence electrons. The first-order chi connectivity index (χ1) is 10.9. The van der Waals surface area contributed by atoms with Crippen LogP contribution >= 0.6 is 0 Å². The van der Waals surface area contributed by atoms with Crippen LogP contribution in [0.3, 0.4) is 0 Å². The molecule has 0 saturated carbocycles. The van der Waals surface area contributed by atoms with Gasteiger partial charge in [0, 0.05) is 18.7 Å². The number of likely N-dealkylation sites (N-methyl/N-ethyl adjacent to an activating group) is 1. The van der Waals surface area contributed by atoms with Gasteiger partial charge in [-0.05, 0) is 43.9 Å². The van der Waals surface area contributed by atoms with Crippen LogP contribution in [0.2, 0.25) is 0 Å². The highest BCUT2D eigenvalue weighted by Crippen LogP contribution is 2.22. The highest BCUT2D eigenvalue weighted by atomic mass is 16.3. The molecule has 0 bridgehead atoms. The minimum atomic E-state index is -0.960. The second-order valence-corrected chi connectivity index (χ2v) is 7.73. The summed E-state index contributed by atoms with van der Waals surface area (Å²) in [7, 11) is 0. The molecule has 0 unspecified atom stereocenters. The molecule has 1 aromatic carbocycles. The van der Waals surface area contributed by atoms with E-state index in [9.17, 15) is 14.7 Å². The van der Waals surface area contributed by atoms with Crippen LogP contribution in [0.1, 0.15) is 57.5 Å². The van der Waals surface area contributed by atoms with E-state index in [0.29, 0.717) is 12.1 Å². The van der Waals surface area contributed by atoms with Crippen LogP contribution in [-0.2, 0) is 10.2 Å². The van der Waals surface area contributed by atoms with E-state index in [-0.39, 0.29) is 30.3 Å². The Kier molecular flexibility index (Phi) is 6.55. The van der Waals surface area contributed by atoms with Crippen molar-refractivity contribution in [2.24, 2.45) is 0 Å². The number of carbonyl (C=O) groups is 2. The third-order valence-corrected chi connectivity index (χ3v) is 3.73. The Morgan fingerprint density at radius 3 is 2.04 bits per heavy atom. The summed E-state index contributed by atoms with van der Waals surface area (Å²) in [5.74, 6) is -0.484. The fraction of sp³-hybridized carbons (Fsp3) is 0.579. The number of amides is 2. The molecule has 5 nitrogen and oxygen atoms in total. The van der Waals surface area contributed by atoms with Crippen LogP contribution < -0.4 is 5.32 Å². The van der Waals surface area contributed by atoms with Crippen LogP contribution in [0.15, 0.2) is 24.3 Å². The van der Waals surface area contributed by atoms with Crippen molar-refractivity contribution in [1.82, 2.24) is 10.2 Å². The molecule has 0 atom stereocenters. The van der Waals surface area contributed by atoms with Gasteiger partial charge < -0.3 is 15.3 Å². The van der Waals surface area contributed by atoms with Gasteiger partial charge in [0.25, 0.3) is 5.91 Å². The molecule has 0 fully saturated rings. The van der Waals surface area contributed by atoms with E-state index in [2.05, 4.69) is 26.1 Å². The SMILES string of the molecule is CCN(CC(C)(C)O)C(=O)CNC(=O)c1ccc(C(C)(C)C)cc1. The lowest BCUT2D eigenvalue weighted by molar-refractivity contribution is -0.132. The largest absolute Gasteiger partial charge is 0.389 e. The first-order valence-electron chi connectivity index (χ1n) is 8.33. The maximum atomic E-state index is 12.2. The fourth-order valence-corrected chi connectivity index (χ4v) is 2.33. The summed E-state index contributed by atoms with van der Waals surface area (Å²) in [4.78, 5) is 25.9. The van der Waals surface area contributed by atoms with Gasteiger partial charge in [0.1, 0.15) is 0 Å². The lowest BCUT2D eigenvalue weighted by Crippen LogP contribution is -2.46. The summed E-state index contributed by atoms with van der Waals surface area (Å²) < 4.78 is 0. The molecular weight excluding hydrogens is 304 g/mol.